The third-order valence-electron chi connectivity index (χ3n) is 3.55. The Bertz CT molecular complexity index is 444. The van der Waals surface area contributed by atoms with Gasteiger partial charge in [0.15, 0.2) is 0 Å². The summed E-state index contributed by atoms with van der Waals surface area (Å²) in [5, 5.41) is 2.88. The highest BCUT2D eigenvalue weighted by Gasteiger charge is 2.32. The van der Waals surface area contributed by atoms with Crippen LogP contribution in [0.1, 0.15) is 26.3 Å². The molecule has 0 bridgehead atoms. The summed E-state index contributed by atoms with van der Waals surface area (Å²) in [6.07, 6.45) is 0. The summed E-state index contributed by atoms with van der Waals surface area (Å²) in [4.78, 5) is 14.3. The number of hydrogen-bond acceptors (Lipinski definition) is 2. The van der Waals surface area contributed by atoms with Crippen molar-refractivity contribution in [1.29, 1.82) is 0 Å². The number of benzene rings is 1. The predicted octanol–water partition coefficient (Wildman–Crippen LogP) is 2.17. The van der Waals surface area contributed by atoms with E-state index in [9.17, 15) is 9.18 Å². The van der Waals surface area contributed by atoms with Crippen molar-refractivity contribution in [3.8, 4) is 0 Å². The van der Waals surface area contributed by atoms with Gasteiger partial charge < -0.3 is 10.2 Å². The van der Waals surface area contributed by atoms with Crippen molar-refractivity contribution in [2.45, 2.75) is 32.2 Å². The number of nitrogens with one attached hydrogen (secondary N) is 1. The van der Waals surface area contributed by atoms with Crippen LogP contribution in [0, 0.1) is 5.82 Å². The summed E-state index contributed by atoms with van der Waals surface area (Å²) in [6.45, 7) is 6.04. The van der Waals surface area contributed by atoms with Crippen molar-refractivity contribution in [3.63, 3.8) is 0 Å². The van der Waals surface area contributed by atoms with E-state index < -0.39 is 5.41 Å². The molecule has 0 radical (unpaired) electrons. The number of amides is 1. The van der Waals surface area contributed by atoms with Gasteiger partial charge in [0, 0.05) is 18.2 Å². The number of carbonyl (C=O) groups is 1. The zero-order valence-corrected chi connectivity index (χ0v) is 12.3. The molecule has 0 spiro atoms. The van der Waals surface area contributed by atoms with E-state index in [1.54, 1.807) is 32.0 Å². The number of hydrogen-bond donors (Lipinski definition) is 1. The summed E-state index contributed by atoms with van der Waals surface area (Å²) >= 11 is 0. The number of carbonyl (C=O) groups excluding carboxylic acids is 1. The molecule has 1 atom stereocenters. The summed E-state index contributed by atoms with van der Waals surface area (Å²) in [6, 6.07) is 6.65. The van der Waals surface area contributed by atoms with E-state index in [1.807, 2.05) is 25.9 Å². The number of likely N-dealkylation sites (N-methyl/N-ethyl adjacent to an activating group) is 1. The molecule has 0 saturated heterocycles. The van der Waals surface area contributed by atoms with Crippen molar-refractivity contribution < 1.29 is 9.18 Å². The first-order valence-corrected chi connectivity index (χ1v) is 6.46. The van der Waals surface area contributed by atoms with E-state index in [4.69, 9.17) is 0 Å². The molecule has 1 amide bonds. The maximum Gasteiger partial charge on any atom is 0.230 e. The average molecular weight is 266 g/mol. The maximum absolute atomic E-state index is 13.8. The summed E-state index contributed by atoms with van der Waals surface area (Å²) in [5.74, 6) is -0.505. The number of halogens is 1. The van der Waals surface area contributed by atoms with E-state index in [-0.39, 0.29) is 17.8 Å². The molecule has 1 N–H and O–H groups in total. The van der Waals surface area contributed by atoms with Crippen molar-refractivity contribution in [1.82, 2.24) is 10.2 Å². The Labute approximate surface area is 114 Å². The fourth-order valence-electron chi connectivity index (χ4n) is 1.73. The second-order valence-electron chi connectivity index (χ2n) is 5.63. The minimum Gasteiger partial charge on any atom is -0.354 e. The summed E-state index contributed by atoms with van der Waals surface area (Å²) in [5.41, 5.74) is -0.456. The molecule has 0 heterocycles. The zero-order chi connectivity index (χ0) is 14.6. The van der Waals surface area contributed by atoms with Crippen molar-refractivity contribution in [2.24, 2.45) is 0 Å². The Morgan fingerprint density at radius 2 is 1.95 bits per heavy atom. The lowest BCUT2D eigenvalue weighted by molar-refractivity contribution is -0.125. The SMILES string of the molecule is CC(CNC(=O)C(C)(C)c1ccccc1F)N(C)C. The molecule has 0 aliphatic heterocycles. The van der Waals surface area contributed by atoms with Gasteiger partial charge in [-0.15, -0.1) is 0 Å². The van der Waals surface area contributed by atoms with Crippen molar-refractivity contribution in [2.75, 3.05) is 20.6 Å². The molecule has 0 fully saturated rings. The summed E-state index contributed by atoms with van der Waals surface area (Å²) < 4.78 is 13.8. The second-order valence-corrected chi connectivity index (χ2v) is 5.63. The number of rotatable bonds is 5. The highest BCUT2D eigenvalue weighted by Crippen LogP contribution is 2.25. The van der Waals surface area contributed by atoms with Gasteiger partial charge in [-0.2, -0.15) is 0 Å². The van der Waals surface area contributed by atoms with Gasteiger partial charge in [0.2, 0.25) is 5.91 Å². The lowest BCUT2D eigenvalue weighted by Crippen LogP contribution is -2.45. The third-order valence-corrected chi connectivity index (χ3v) is 3.55. The van der Waals surface area contributed by atoms with Crippen LogP contribution < -0.4 is 5.32 Å². The van der Waals surface area contributed by atoms with E-state index >= 15 is 0 Å². The molecule has 106 valence electrons. The maximum atomic E-state index is 13.8. The average Bonchev–Trinajstić information content (AvgIpc) is 2.35. The van der Waals surface area contributed by atoms with Crippen LogP contribution in [0.25, 0.3) is 0 Å². The van der Waals surface area contributed by atoms with Gasteiger partial charge in [0.25, 0.3) is 0 Å². The van der Waals surface area contributed by atoms with Crippen LogP contribution in [-0.2, 0) is 10.2 Å². The molecule has 0 aliphatic rings. The van der Waals surface area contributed by atoms with Gasteiger partial charge in [-0.05, 0) is 40.9 Å². The molecule has 1 aromatic rings. The Morgan fingerprint density at radius 3 is 2.47 bits per heavy atom. The monoisotopic (exact) mass is 266 g/mol. The molecule has 0 aromatic heterocycles. The molecule has 3 nitrogen and oxygen atoms in total. The van der Waals surface area contributed by atoms with Gasteiger partial charge in [-0.25, -0.2) is 4.39 Å². The van der Waals surface area contributed by atoms with Crippen LogP contribution in [0.5, 0.6) is 0 Å². The molecule has 1 unspecified atom stereocenters. The van der Waals surface area contributed by atoms with E-state index in [1.165, 1.54) is 6.07 Å². The highest BCUT2D eigenvalue weighted by molar-refractivity contribution is 5.87. The van der Waals surface area contributed by atoms with E-state index in [0.29, 0.717) is 12.1 Å². The Balaban J connectivity index is 2.78. The smallest absolute Gasteiger partial charge is 0.230 e. The molecule has 4 heteroatoms. The van der Waals surface area contributed by atoms with E-state index in [2.05, 4.69) is 5.32 Å². The summed E-state index contributed by atoms with van der Waals surface area (Å²) in [7, 11) is 3.91. The molecular formula is C15H23FN2O. The minimum atomic E-state index is -0.878. The first-order valence-electron chi connectivity index (χ1n) is 6.46. The normalized spacial score (nSPS) is 13.4. The van der Waals surface area contributed by atoms with Gasteiger partial charge in [-0.3, -0.25) is 4.79 Å². The van der Waals surface area contributed by atoms with Crippen LogP contribution >= 0.6 is 0 Å². The molecule has 0 saturated carbocycles. The molecular weight excluding hydrogens is 243 g/mol. The van der Waals surface area contributed by atoms with Gasteiger partial charge in [-0.1, -0.05) is 18.2 Å². The Morgan fingerprint density at radius 1 is 1.37 bits per heavy atom. The van der Waals surface area contributed by atoms with Crippen LogP contribution in [0.15, 0.2) is 24.3 Å². The molecule has 1 aromatic carbocycles. The second kappa shape index (κ2) is 6.15. The van der Waals surface area contributed by atoms with E-state index in [0.717, 1.165) is 0 Å². The quantitative estimate of drug-likeness (QED) is 0.886. The molecule has 0 aliphatic carbocycles. The Kier molecular flexibility index (Phi) is 5.06. The van der Waals surface area contributed by atoms with Crippen LogP contribution in [0.2, 0.25) is 0 Å². The fraction of sp³-hybridized carbons (Fsp3) is 0.533. The molecule has 19 heavy (non-hydrogen) atoms. The lowest BCUT2D eigenvalue weighted by atomic mass is 9.83. The third kappa shape index (κ3) is 3.77. The van der Waals surface area contributed by atoms with Gasteiger partial charge >= 0.3 is 0 Å². The van der Waals surface area contributed by atoms with Crippen LogP contribution in [0.3, 0.4) is 0 Å². The topological polar surface area (TPSA) is 32.3 Å². The lowest BCUT2D eigenvalue weighted by Gasteiger charge is -2.27. The van der Waals surface area contributed by atoms with Crippen LogP contribution in [0.4, 0.5) is 4.39 Å². The van der Waals surface area contributed by atoms with Gasteiger partial charge in [0.1, 0.15) is 5.82 Å². The first-order chi connectivity index (χ1) is 8.76. The minimum absolute atomic E-state index is 0.161. The number of nitrogens with zero attached hydrogens (tertiary/aromatic N) is 1. The predicted molar refractivity (Wildman–Crippen MR) is 75.6 cm³/mol. The molecule has 1 rings (SSSR count). The van der Waals surface area contributed by atoms with Crippen molar-refractivity contribution >= 4 is 5.91 Å². The first kappa shape index (κ1) is 15.6. The standard InChI is InChI=1S/C15H23FN2O/c1-11(18(4)5)10-17-14(19)15(2,3)12-8-6-7-9-13(12)16/h6-9,11H,10H2,1-5H3,(H,17,19). The largest absolute Gasteiger partial charge is 0.354 e. The van der Waals surface area contributed by atoms with Crippen LogP contribution in [-0.4, -0.2) is 37.5 Å². The highest BCUT2D eigenvalue weighted by atomic mass is 19.1. The zero-order valence-electron chi connectivity index (χ0n) is 12.3. The Hall–Kier alpha value is -1.42. The fourth-order valence-corrected chi connectivity index (χ4v) is 1.73. The van der Waals surface area contributed by atoms with Crippen molar-refractivity contribution in [3.05, 3.63) is 35.6 Å². The van der Waals surface area contributed by atoms with Gasteiger partial charge in [0.05, 0.1) is 5.41 Å².